The summed E-state index contributed by atoms with van der Waals surface area (Å²) in [6.45, 7) is 0.835. The third kappa shape index (κ3) is 3.48. The summed E-state index contributed by atoms with van der Waals surface area (Å²) in [6.07, 6.45) is 4.82. The summed E-state index contributed by atoms with van der Waals surface area (Å²) >= 11 is 9.51. The highest BCUT2D eigenvalue weighted by atomic mass is 79.9. The maximum atomic E-state index is 6.08. The third-order valence-electron chi connectivity index (χ3n) is 2.42. The Hall–Kier alpha value is -1.00. The van der Waals surface area contributed by atoms with Crippen molar-refractivity contribution in [2.45, 2.75) is 6.42 Å². The molecule has 2 aromatic rings. The maximum absolute atomic E-state index is 6.08. The fourth-order valence-corrected chi connectivity index (χ4v) is 2.12. The Balaban J connectivity index is 1.91. The van der Waals surface area contributed by atoms with Gasteiger partial charge in [-0.3, -0.25) is 4.68 Å². The van der Waals surface area contributed by atoms with E-state index >= 15 is 0 Å². The summed E-state index contributed by atoms with van der Waals surface area (Å²) in [7, 11) is 1.92. The molecule has 0 radical (unpaired) electrons. The van der Waals surface area contributed by atoms with Gasteiger partial charge in [0.05, 0.1) is 16.9 Å². The summed E-state index contributed by atoms with van der Waals surface area (Å²) in [6, 6.07) is 5.78. The number of aryl methyl sites for hydroxylation is 1. The van der Waals surface area contributed by atoms with E-state index in [1.807, 2.05) is 37.6 Å². The van der Waals surface area contributed by atoms with Gasteiger partial charge in [-0.05, 0) is 30.2 Å². The van der Waals surface area contributed by atoms with Crippen molar-refractivity contribution in [2.75, 3.05) is 11.9 Å². The van der Waals surface area contributed by atoms with E-state index < -0.39 is 0 Å². The first-order valence-corrected chi connectivity index (χ1v) is 6.49. The molecule has 0 amide bonds. The quantitative estimate of drug-likeness (QED) is 0.936. The first-order valence-electron chi connectivity index (χ1n) is 5.31. The number of nitrogens with zero attached hydrogens (tertiary/aromatic N) is 2. The Labute approximate surface area is 114 Å². The van der Waals surface area contributed by atoms with Crippen molar-refractivity contribution in [2.24, 2.45) is 7.05 Å². The molecule has 0 fully saturated rings. The highest BCUT2D eigenvalue weighted by Gasteiger charge is 2.01. The van der Waals surface area contributed by atoms with Crippen LogP contribution in [0.2, 0.25) is 5.02 Å². The predicted molar refractivity (Wildman–Crippen MR) is 74.6 cm³/mol. The van der Waals surface area contributed by atoms with E-state index in [4.69, 9.17) is 11.6 Å². The molecule has 1 heterocycles. The van der Waals surface area contributed by atoms with E-state index in [0.29, 0.717) is 0 Å². The maximum Gasteiger partial charge on any atom is 0.0638 e. The van der Waals surface area contributed by atoms with Crippen LogP contribution in [0.25, 0.3) is 0 Å². The lowest BCUT2D eigenvalue weighted by Crippen LogP contribution is -2.04. The Morgan fingerprint density at radius 3 is 3.00 bits per heavy atom. The molecule has 0 aliphatic heterocycles. The number of hydrogen-bond donors (Lipinski definition) is 1. The first-order chi connectivity index (χ1) is 8.15. The summed E-state index contributed by atoms with van der Waals surface area (Å²) < 4.78 is 2.83. The molecule has 5 heteroatoms. The molecular weight excluding hydrogens is 302 g/mol. The van der Waals surface area contributed by atoms with Gasteiger partial charge in [0, 0.05) is 24.3 Å². The Morgan fingerprint density at radius 1 is 1.47 bits per heavy atom. The standard InChI is InChI=1S/C12H13BrClN3/c1-17-8-9(7-16-17)4-5-15-12-6-10(13)2-3-11(12)14/h2-3,6-8,15H,4-5H2,1H3. The normalized spacial score (nSPS) is 10.5. The molecule has 1 N–H and O–H groups in total. The Morgan fingerprint density at radius 2 is 2.29 bits per heavy atom. The van der Waals surface area contributed by atoms with Crippen molar-refractivity contribution in [1.29, 1.82) is 0 Å². The lowest BCUT2D eigenvalue weighted by molar-refractivity contribution is 0.767. The zero-order valence-corrected chi connectivity index (χ0v) is 11.8. The molecule has 0 aliphatic carbocycles. The molecule has 2 rings (SSSR count). The summed E-state index contributed by atoms with van der Waals surface area (Å²) in [5.41, 5.74) is 2.16. The van der Waals surface area contributed by atoms with Crippen LogP contribution in [0.1, 0.15) is 5.56 Å². The molecular formula is C12H13BrClN3. The van der Waals surface area contributed by atoms with Crippen LogP contribution in [-0.4, -0.2) is 16.3 Å². The van der Waals surface area contributed by atoms with Crippen LogP contribution in [0, 0.1) is 0 Å². The summed E-state index contributed by atoms with van der Waals surface area (Å²) in [4.78, 5) is 0. The van der Waals surface area contributed by atoms with Gasteiger partial charge in [-0.25, -0.2) is 0 Å². The number of halogens is 2. The summed E-state index contributed by atoms with van der Waals surface area (Å²) in [5.74, 6) is 0. The van der Waals surface area contributed by atoms with Crippen molar-refractivity contribution in [3.63, 3.8) is 0 Å². The molecule has 0 bridgehead atoms. The molecule has 0 aliphatic rings. The molecule has 1 aromatic carbocycles. The van der Waals surface area contributed by atoms with Crippen LogP contribution in [0.4, 0.5) is 5.69 Å². The number of anilines is 1. The van der Waals surface area contributed by atoms with Crippen molar-refractivity contribution in [3.05, 3.63) is 45.7 Å². The average Bonchev–Trinajstić information content (AvgIpc) is 2.69. The van der Waals surface area contributed by atoms with E-state index in [2.05, 4.69) is 26.3 Å². The fourth-order valence-electron chi connectivity index (χ4n) is 1.58. The third-order valence-corrected chi connectivity index (χ3v) is 3.24. The van der Waals surface area contributed by atoms with E-state index in [0.717, 1.165) is 28.1 Å². The molecule has 0 saturated carbocycles. The van der Waals surface area contributed by atoms with Gasteiger partial charge in [0.1, 0.15) is 0 Å². The number of hydrogen-bond acceptors (Lipinski definition) is 2. The molecule has 0 spiro atoms. The van der Waals surface area contributed by atoms with Gasteiger partial charge in [0.2, 0.25) is 0 Å². The van der Waals surface area contributed by atoms with Gasteiger partial charge in [-0.15, -0.1) is 0 Å². The molecule has 0 saturated heterocycles. The Bertz CT molecular complexity index is 510. The van der Waals surface area contributed by atoms with Crippen LogP contribution >= 0.6 is 27.5 Å². The number of benzene rings is 1. The molecule has 0 unspecified atom stereocenters. The highest BCUT2D eigenvalue weighted by molar-refractivity contribution is 9.10. The lowest BCUT2D eigenvalue weighted by Gasteiger charge is -2.07. The van der Waals surface area contributed by atoms with Crippen LogP contribution in [0.15, 0.2) is 35.1 Å². The van der Waals surface area contributed by atoms with Gasteiger partial charge in [0.15, 0.2) is 0 Å². The number of rotatable bonds is 4. The van der Waals surface area contributed by atoms with Gasteiger partial charge in [-0.2, -0.15) is 5.10 Å². The van der Waals surface area contributed by atoms with Crippen LogP contribution in [0.3, 0.4) is 0 Å². The average molecular weight is 315 g/mol. The van der Waals surface area contributed by atoms with E-state index in [1.165, 1.54) is 5.56 Å². The van der Waals surface area contributed by atoms with E-state index in [-0.39, 0.29) is 0 Å². The fraction of sp³-hybridized carbons (Fsp3) is 0.250. The van der Waals surface area contributed by atoms with Crippen molar-refractivity contribution < 1.29 is 0 Å². The Kier molecular flexibility index (Phi) is 4.07. The zero-order chi connectivity index (χ0) is 12.3. The van der Waals surface area contributed by atoms with Crippen molar-refractivity contribution >= 4 is 33.2 Å². The van der Waals surface area contributed by atoms with Crippen molar-refractivity contribution in [1.82, 2.24) is 9.78 Å². The second-order valence-corrected chi connectivity index (χ2v) is 5.15. The smallest absolute Gasteiger partial charge is 0.0638 e. The van der Waals surface area contributed by atoms with Gasteiger partial charge in [0.25, 0.3) is 0 Å². The van der Waals surface area contributed by atoms with Gasteiger partial charge in [-0.1, -0.05) is 27.5 Å². The topological polar surface area (TPSA) is 29.9 Å². The molecule has 3 nitrogen and oxygen atoms in total. The number of nitrogens with one attached hydrogen (secondary N) is 1. The molecule has 0 atom stereocenters. The second-order valence-electron chi connectivity index (χ2n) is 3.82. The van der Waals surface area contributed by atoms with Gasteiger partial charge >= 0.3 is 0 Å². The zero-order valence-electron chi connectivity index (χ0n) is 9.45. The van der Waals surface area contributed by atoms with E-state index in [9.17, 15) is 0 Å². The highest BCUT2D eigenvalue weighted by Crippen LogP contribution is 2.25. The lowest BCUT2D eigenvalue weighted by atomic mass is 10.2. The van der Waals surface area contributed by atoms with Crippen LogP contribution in [-0.2, 0) is 13.5 Å². The second kappa shape index (κ2) is 5.56. The van der Waals surface area contributed by atoms with E-state index in [1.54, 1.807) is 4.68 Å². The monoisotopic (exact) mass is 313 g/mol. The summed E-state index contributed by atoms with van der Waals surface area (Å²) in [5, 5.41) is 8.18. The van der Waals surface area contributed by atoms with Crippen LogP contribution in [0.5, 0.6) is 0 Å². The molecule has 1 aromatic heterocycles. The number of aromatic nitrogens is 2. The van der Waals surface area contributed by atoms with Crippen LogP contribution < -0.4 is 5.32 Å². The molecule has 17 heavy (non-hydrogen) atoms. The molecule has 90 valence electrons. The minimum absolute atomic E-state index is 0.736. The first kappa shape index (κ1) is 12.5. The van der Waals surface area contributed by atoms with Gasteiger partial charge < -0.3 is 5.32 Å². The minimum atomic E-state index is 0.736. The largest absolute Gasteiger partial charge is 0.383 e. The van der Waals surface area contributed by atoms with Crippen molar-refractivity contribution in [3.8, 4) is 0 Å². The predicted octanol–water partition coefficient (Wildman–Crippen LogP) is 3.49. The minimum Gasteiger partial charge on any atom is -0.383 e. The SMILES string of the molecule is Cn1cc(CCNc2cc(Br)ccc2Cl)cn1.